The molecule has 3 N–H and O–H groups in total. The molecule has 0 atom stereocenters. The molecule has 0 fully saturated rings. The van der Waals surface area contributed by atoms with Crippen molar-refractivity contribution in [2.45, 2.75) is 0 Å². The summed E-state index contributed by atoms with van der Waals surface area (Å²) in [5.41, 5.74) is 7.02. The fraction of sp³-hybridized carbons (Fsp3) is 0. The van der Waals surface area contributed by atoms with Gasteiger partial charge in [-0.1, -0.05) is 0 Å². The number of nitrogens with one attached hydrogen (secondary N) is 1. The summed E-state index contributed by atoms with van der Waals surface area (Å²) < 4.78 is 25.5. The van der Waals surface area contributed by atoms with Gasteiger partial charge in [-0.2, -0.15) is 4.39 Å². The summed E-state index contributed by atoms with van der Waals surface area (Å²) in [4.78, 5) is 3.46. The van der Waals surface area contributed by atoms with Crippen molar-refractivity contribution in [2.75, 3.05) is 11.1 Å². The lowest BCUT2D eigenvalue weighted by atomic mass is 10.2. The van der Waals surface area contributed by atoms with Crippen LogP contribution in [-0.4, -0.2) is 4.98 Å². The van der Waals surface area contributed by atoms with Gasteiger partial charge >= 0.3 is 0 Å². The van der Waals surface area contributed by atoms with Gasteiger partial charge < -0.3 is 11.1 Å². The minimum atomic E-state index is -0.572. The molecule has 0 aliphatic carbocycles. The van der Waals surface area contributed by atoms with E-state index in [0.29, 0.717) is 17.1 Å². The predicted molar refractivity (Wildman–Crippen MR) is 58.3 cm³/mol. The molecule has 2 aromatic rings. The highest BCUT2D eigenvalue weighted by molar-refractivity contribution is 5.72. The first kappa shape index (κ1) is 10.4. The number of anilines is 3. The number of halogens is 2. The van der Waals surface area contributed by atoms with Gasteiger partial charge in [-0.25, -0.2) is 9.37 Å². The lowest BCUT2D eigenvalue weighted by Crippen LogP contribution is -1.97. The Kier molecular flexibility index (Phi) is 2.68. The summed E-state index contributed by atoms with van der Waals surface area (Å²) in [6.07, 6.45) is 1.31. The van der Waals surface area contributed by atoms with Crippen LogP contribution >= 0.6 is 0 Å². The Morgan fingerprint density at radius 2 is 1.94 bits per heavy atom. The number of aromatic nitrogens is 1. The molecule has 0 saturated heterocycles. The zero-order valence-electron chi connectivity index (χ0n) is 8.24. The monoisotopic (exact) mass is 221 g/mol. The van der Waals surface area contributed by atoms with Crippen LogP contribution < -0.4 is 11.1 Å². The van der Waals surface area contributed by atoms with E-state index in [-0.39, 0.29) is 0 Å². The fourth-order valence-corrected chi connectivity index (χ4v) is 1.24. The van der Waals surface area contributed by atoms with Gasteiger partial charge in [0.05, 0.1) is 23.3 Å². The second-order valence-electron chi connectivity index (χ2n) is 3.23. The van der Waals surface area contributed by atoms with E-state index in [0.717, 1.165) is 0 Å². The average Bonchev–Trinajstić information content (AvgIpc) is 2.27. The van der Waals surface area contributed by atoms with E-state index >= 15 is 0 Å². The number of hydrogen-bond donors (Lipinski definition) is 2. The van der Waals surface area contributed by atoms with Gasteiger partial charge in [0.1, 0.15) is 5.82 Å². The van der Waals surface area contributed by atoms with Crippen LogP contribution in [0.5, 0.6) is 0 Å². The SMILES string of the molecule is Nc1ccc(F)cc1Nc1ccc(F)nc1. The summed E-state index contributed by atoms with van der Waals surface area (Å²) >= 11 is 0. The Bertz CT molecular complexity index is 497. The molecule has 1 heterocycles. The summed E-state index contributed by atoms with van der Waals surface area (Å²) in [5, 5.41) is 2.85. The van der Waals surface area contributed by atoms with Crippen LogP contribution in [0.3, 0.4) is 0 Å². The second-order valence-corrected chi connectivity index (χ2v) is 3.23. The molecule has 0 unspecified atom stereocenters. The van der Waals surface area contributed by atoms with Gasteiger partial charge in [-0.3, -0.25) is 0 Å². The number of nitrogens with zero attached hydrogens (tertiary/aromatic N) is 1. The molecule has 0 amide bonds. The molecule has 82 valence electrons. The molecule has 16 heavy (non-hydrogen) atoms. The van der Waals surface area contributed by atoms with Gasteiger partial charge in [0.15, 0.2) is 0 Å². The van der Waals surface area contributed by atoms with Crippen molar-refractivity contribution in [3.8, 4) is 0 Å². The number of nitrogen functional groups attached to an aromatic ring is 1. The van der Waals surface area contributed by atoms with Crippen molar-refractivity contribution in [3.63, 3.8) is 0 Å². The van der Waals surface area contributed by atoms with Crippen molar-refractivity contribution in [1.29, 1.82) is 0 Å². The highest BCUT2D eigenvalue weighted by atomic mass is 19.1. The Balaban J connectivity index is 2.26. The van der Waals surface area contributed by atoms with Crippen LogP contribution in [-0.2, 0) is 0 Å². The number of rotatable bonds is 2. The Morgan fingerprint density at radius 1 is 1.12 bits per heavy atom. The molecule has 0 bridgehead atoms. The second kappa shape index (κ2) is 4.14. The lowest BCUT2D eigenvalue weighted by Gasteiger charge is -2.08. The molecule has 2 rings (SSSR count). The van der Waals surface area contributed by atoms with E-state index in [4.69, 9.17) is 5.73 Å². The first-order chi connectivity index (χ1) is 7.65. The molecular weight excluding hydrogens is 212 g/mol. The van der Waals surface area contributed by atoms with Gasteiger partial charge in [0, 0.05) is 0 Å². The van der Waals surface area contributed by atoms with Crippen LogP contribution in [0.1, 0.15) is 0 Å². The quantitative estimate of drug-likeness (QED) is 0.605. The van der Waals surface area contributed by atoms with Crippen molar-refractivity contribution >= 4 is 17.1 Å². The highest BCUT2D eigenvalue weighted by Gasteiger charge is 2.02. The van der Waals surface area contributed by atoms with Gasteiger partial charge in [0.2, 0.25) is 5.95 Å². The average molecular weight is 221 g/mol. The molecule has 3 nitrogen and oxygen atoms in total. The van der Waals surface area contributed by atoms with Crippen LogP contribution in [0.2, 0.25) is 0 Å². The third-order valence-corrected chi connectivity index (χ3v) is 2.02. The van der Waals surface area contributed by atoms with E-state index in [1.165, 1.54) is 36.5 Å². The fourth-order valence-electron chi connectivity index (χ4n) is 1.24. The Labute approximate surface area is 90.9 Å². The molecule has 0 spiro atoms. The first-order valence-electron chi connectivity index (χ1n) is 4.59. The molecule has 1 aromatic carbocycles. The van der Waals surface area contributed by atoms with Gasteiger partial charge in [-0.15, -0.1) is 0 Å². The molecule has 1 aromatic heterocycles. The Hall–Kier alpha value is -2.17. The molecule has 0 aliphatic heterocycles. The van der Waals surface area contributed by atoms with Crippen molar-refractivity contribution in [3.05, 3.63) is 48.3 Å². The number of nitrogens with two attached hydrogens (primary N) is 1. The van der Waals surface area contributed by atoms with Gasteiger partial charge in [0.25, 0.3) is 0 Å². The molecular formula is C11H9F2N3. The summed E-state index contributed by atoms with van der Waals surface area (Å²) in [6, 6.07) is 6.68. The smallest absolute Gasteiger partial charge is 0.212 e. The maximum absolute atomic E-state index is 12.9. The van der Waals surface area contributed by atoms with Crippen molar-refractivity contribution < 1.29 is 8.78 Å². The molecule has 0 radical (unpaired) electrons. The maximum Gasteiger partial charge on any atom is 0.212 e. The van der Waals surface area contributed by atoms with E-state index < -0.39 is 11.8 Å². The van der Waals surface area contributed by atoms with E-state index in [9.17, 15) is 8.78 Å². The third-order valence-electron chi connectivity index (χ3n) is 2.02. The number of hydrogen-bond acceptors (Lipinski definition) is 3. The minimum absolute atomic E-state index is 0.397. The summed E-state index contributed by atoms with van der Waals surface area (Å²) in [5.74, 6) is -0.968. The first-order valence-corrected chi connectivity index (χ1v) is 4.59. The van der Waals surface area contributed by atoms with E-state index in [2.05, 4.69) is 10.3 Å². The third kappa shape index (κ3) is 2.25. The van der Waals surface area contributed by atoms with E-state index in [1.54, 1.807) is 0 Å². The minimum Gasteiger partial charge on any atom is -0.397 e. The number of benzene rings is 1. The number of pyridine rings is 1. The maximum atomic E-state index is 12.9. The summed E-state index contributed by atoms with van der Waals surface area (Å²) in [7, 11) is 0. The van der Waals surface area contributed by atoms with Gasteiger partial charge in [-0.05, 0) is 30.3 Å². The summed E-state index contributed by atoms with van der Waals surface area (Å²) in [6.45, 7) is 0. The molecule has 5 heteroatoms. The van der Waals surface area contributed by atoms with E-state index in [1.807, 2.05) is 0 Å². The standard InChI is InChI=1S/C11H9F2N3/c12-7-1-3-9(14)10(5-7)16-8-2-4-11(13)15-6-8/h1-6,16H,14H2. The van der Waals surface area contributed by atoms with Crippen LogP contribution in [0, 0.1) is 11.8 Å². The highest BCUT2D eigenvalue weighted by Crippen LogP contribution is 2.23. The molecule has 0 saturated carbocycles. The zero-order chi connectivity index (χ0) is 11.5. The van der Waals surface area contributed by atoms with Crippen molar-refractivity contribution in [2.24, 2.45) is 0 Å². The zero-order valence-corrected chi connectivity index (χ0v) is 8.24. The van der Waals surface area contributed by atoms with Crippen LogP contribution in [0.4, 0.5) is 25.8 Å². The largest absolute Gasteiger partial charge is 0.397 e. The van der Waals surface area contributed by atoms with Crippen LogP contribution in [0.15, 0.2) is 36.5 Å². The Morgan fingerprint density at radius 3 is 2.62 bits per heavy atom. The van der Waals surface area contributed by atoms with Crippen molar-refractivity contribution in [1.82, 2.24) is 4.98 Å². The normalized spacial score (nSPS) is 10.1. The predicted octanol–water partition coefficient (Wildman–Crippen LogP) is 2.69. The lowest BCUT2D eigenvalue weighted by molar-refractivity contribution is 0.584. The van der Waals surface area contributed by atoms with Crippen LogP contribution in [0.25, 0.3) is 0 Å². The molecule has 0 aliphatic rings. The topological polar surface area (TPSA) is 50.9 Å².